The van der Waals surface area contributed by atoms with E-state index >= 15 is 0 Å². The van der Waals surface area contributed by atoms with Crippen molar-refractivity contribution in [2.24, 2.45) is 11.8 Å². The second kappa shape index (κ2) is 10.4. The first-order valence-electron chi connectivity index (χ1n) is 9.74. The van der Waals surface area contributed by atoms with Crippen molar-refractivity contribution in [3.63, 3.8) is 0 Å². The fourth-order valence-electron chi connectivity index (χ4n) is 3.39. The smallest absolute Gasteiger partial charge is 0.475 e. The molecule has 0 aromatic heterocycles. The zero-order valence-electron chi connectivity index (χ0n) is 16.0. The number of carbonyl (C=O) groups is 2. The van der Waals surface area contributed by atoms with Crippen molar-refractivity contribution in [3.8, 4) is 0 Å². The van der Waals surface area contributed by atoms with Crippen molar-refractivity contribution in [3.05, 3.63) is 0 Å². The van der Waals surface area contributed by atoms with E-state index in [-0.39, 0.29) is 18.1 Å². The van der Waals surface area contributed by atoms with Crippen molar-refractivity contribution in [1.82, 2.24) is 10.2 Å². The molecule has 2 aliphatic heterocycles. The maximum absolute atomic E-state index is 12.1. The highest BCUT2D eigenvalue weighted by Crippen LogP contribution is 2.33. The molecule has 28 heavy (non-hydrogen) atoms. The molecule has 0 bridgehead atoms. The molecule has 7 nitrogen and oxygen atoms in total. The van der Waals surface area contributed by atoms with E-state index in [1.54, 1.807) is 0 Å². The molecular formula is C18H29F3N2O5. The average Bonchev–Trinajstić information content (AvgIpc) is 3.36. The van der Waals surface area contributed by atoms with E-state index in [1.165, 1.54) is 12.8 Å². The molecule has 3 rings (SSSR count). The summed E-state index contributed by atoms with van der Waals surface area (Å²) in [6.45, 7) is 7.46. The lowest BCUT2D eigenvalue weighted by atomic mass is 9.91. The second-order valence-electron chi connectivity index (χ2n) is 7.44. The topological polar surface area (TPSA) is 88.1 Å². The van der Waals surface area contributed by atoms with Gasteiger partial charge in [-0.05, 0) is 51.0 Å². The number of hydrogen-bond donors (Lipinski definition) is 2. The number of halogens is 3. The molecule has 0 aromatic carbocycles. The van der Waals surface area contributed by atoms with Crippen LogP contribution in [0, 0.1) is 11.8 Å². The Morgan fingerprint density at radius 3 is 2.54 bits per heavy atom. The number of carbonyl (C=O) groups excluding carboxylic acids is 1. The lowest BCUT2D eigenvalue weighted by Crippen LogP contribution is -2.43. The van der Waals surface area contributed by atoms with Gasteiger partial charge in [0.1, 0.15) is 6.10 Å². The van der Waals surface area contributed by atoms with Crippen LogP contribution >= 0.6 is 0 Å². The van der Waals surface area contributed by atoms with Crippen LogP contribution < -0.4 is 5.32 Å². The molecule has 0 radical (unpaired) electrons. The Hall–Kier alpha value is -1.39. The number of piperidine rings is 1. The molecule has 0 spiro atoms. The number of rotatable bonds is 7. The highest BCUT2D eigenvalue weighted by Gasteiger charge is 2.42. The normalized spacial score (nSPS) is 27.5. The van der Waals surface area contributed by atoms with Gasteiger partial charge in [0.2, 0.25) is 5.91 Å². The minimum atomic E-state index is -5.08. The number of hydrogen-bond acceptors (Lipinski definition) is 5. The maximum Gasteiger partial charge on any atom is 0.490 e. The summed E-state index contributed by atoms with van der Waals surface area (Å²) in [6.07, 6.45) is -0.482. The molecule has 162 valence electrons. The van der Waals surface area contributed by atoms with Crippen molar-refractivity contribution in [2.75, 3.05) is 39.4 Å². The van der Waals surface area contributed by atoms with Crippen LogP contribution in [0.4, 0.5) is 13.2 Å². The van der Waals surface area contributed by atoms with Crippen LogP contribution in [0.2, 0.25) is 0 Å². The standard InChI is InChI=1S/C16H28N2O3.C2HF3O2/c1-2-20-8-7-18-6-5-13-9-14(21-15(13)11-18)16(19)17-10-12-3-4-12;3-2(4,5)1(6)7/h12-15H,2-11H2,1H3,(H,17,19);(H,6,7)/t13-,14+,15-;/m0./s1. The predicted octanol–water partition coefficient (Wildman–Crippen LogP) is 1.66. The first kappa shape index (κ1) is 22.9. The second-order valence-corrected chi connectivity index (χ2v) is 7.44. The Morgan fingerprint density at radius 2 is 1.96 bits per heavy atom. The van der Waals surface area contributed by atoms with E-state index < -0.39 is 12.1 Å². The van der Waals surface area contributed by atoms with Crippen LogP contribution in [0.25, 0.3) is 0 Å². The Balaban J connectivity index is 0.000000345. The molecule has 2 N–H and O–H groups in total. The fraction of sp³-hybridized carbons (Fsp3) is 0.889. The number of nitrogens with one attached hydrogen (secondary N) is 1. The zero-order chi connectivity index (χ0) is 20.7. The molecule has 3 fully saturated rings. The number of likely N-dealkylation sites (tertiary alicyclic amines) is 1. The van der Waals surface area contributed by atoms with E-state index in [0.29, 0.717) is 5.92 Å². The number of ether oxygens (including phenoxy) is 2. The Labute approximate surface area is 162 Å². The van der Waals surface area contributed by atoms with Gasteiger partial charge < -0.3 is 19.9 Å². The van der Waals surface area contributed by atoms with E-state index in [9.17, 15) is 18.0 Å². The van der Waals surface area contributed by atoms with Crippen LogP contribution in [-0.2, 0) is 19.1 Å². The Morgan fingerprint density at radius 1 is 1.29 bits per heavy atom. The van der Waals surface area contributed by atoms with E-state index in [1.807, 2.05) is 6.92 Å². The van der Waals surface area contributed by atoms with Crippen molar-refractivity contribution < 1.29 is 37.3 Å². The lowest BCUT2D eigenvalue weighted by molar-refractivity contribution is -0.192. The van der Waals surface area contributed by atoms with Gasteiger partial charge in [0.15, 0.2) is 0 Å². The van der Waals surface area contributed by atoms with E-state index in [0.717, 1.165) is 58.2 Å². The largest absolute Gasteiger partial charge is 0.490 e. The summed E-state index contributed by atoms with van der Waals surface area (Å²) in [5, 5.41) is 10.2. The number of carboxylic acids is 1. The van der Waals surface area contributed by atoms with E-state index in [4.69, 9.17) is 19.4 Å². The van der Waals surface area contributed by atoms with Crippen molar-refractivity contribution in [2.45, 2.75) is 51.0 Å². The first-order valence-corrected chi connectivity index (χ1v) is 9.74. The number of aliphatic carboxylic acids is 1. The van der Waals surface area contributed by atoms with Crippen molar-refractivity contribution >= 4 is 11.9 Å². The minimum absolute atomic E-state index is 0.108. The number of amides is 1. The molecule has 10 heteroatoms. The van der Waals surface area contributed by atoms with Crippen LogP contribution in [0.15, 0.2) is 0 Å². The summed E-state index contributed by atoms with van der Waals surface area (Å²) < 4.78 is 43.2. The molecular weight excluding hydrogens is 381 g/mol. The maximum atomic E-state index is 12.1. The number of carboxylic acid groups (broad SMARTS) is 1. The van der Waals surface area contributed by atoms with Crippen LogP contribution in [0.1, 0.15) is 32.6 Å². The number of fused-ring (bicyclic) bond motifs is 1. The molecule has 1 saturated carbocycles. The average molecular weight is 410 g/mol. The third-order valence-corrected chi connectivity index (χ3v) is 5.19. The molecule has 3 aliphatic rings. The molecule has 3 atom stereocenters. The fourth-order valence-corrected chi connectivity index (χ4v) is 3.39. The van der Waals surface area contributed by atoms with Gasteiger partial charge in [-0.2, -0.15) is 13.2 Å². The molecule has 2 saturated heterocycles. The van der Waals surface area contributed by atoms with Gasteiger partial charge in [-0.15, -0.1) is 0 Å². The molecule has 0 aromatic rings. The Bertz CT molecular complexity index is 528. The van der Waals surface area contributed by atoms with Gasteiger partial charge in [-0.25, -0.2) is 4.79 Å². The number of nitrogens with zero attached hydrogens (tertiary/aromatic N) is 1. The minimum Gasteiger partial charge on any atom is -0.475 e. The van der Waals surface area contributed by atoms with Crippen LogP contribution in [0.3, 0.4) is 0 Å². The molecule has 2 heterocycles. The zero-order valence-corrected chi connectivity index (χ0v) is 16.0. The molecule has 0 unspecified atom stereocenters. The highest BCUT2D eigenvalue weighted by atomic mass is 19.4. The summed E-state index contributed by atoms with van der Waals surface area (Å²) in [5.74, 6) is -1.36. The highest BCUT2D eigenvalue weighted by molar-refractivity contribution is 5.81. The summed E-state index contributed by atoms with van der Waals surface area (Å²) in [5.41, 5.74) is 0. The van der Waals surface area contributed by atoms with Gasteiger partial charge in [0, 0.05) is 26.2 Å². The van der Waals surface area contributed by atoms with Gasteiger partial charge in [0.05, 0.1) is 12.7 Å². The molecule has 1 aliphatic carbocycles. The third kappa shape index (κ3) is 7.56. The lowest BCUT2D eigenvalue weighted by Gasteiger charge is -2.33. The first-order chi connectivity index (χ1) is 13.2. The summed E-state index contributed by atoms with van der Waals surface area (Å²) in [6, 6.07) is 0. The van der Waals surface area contributed by atoms with E-state index in [2.05, 4.69) is 10.2 Å². The Kier molecular flexibility index (Phi) is 8.51. The van der Waals surface area contributed by atoms with Crippen LogP contribution in [-0.4, -0.2) is 79.7 Å². The monoisotopic (exact) mass is 410 g/mol. The van der Waals surface area contributed by atoms with Gasteiger partial charge in [-0.1, -0.05) is 0 Å². The summed E-state index contributed by atoms with van der Waals surface area (Å²) in [7, 11) is 0. The third-order valence-electron chi connectivity index (χ3n) is 5.19. The van der Waals surface area contributed by atoms with Gasteiger partial charge in [-0.3, -0.25) is 9.69 Å². The van der Waals surface area contributed by atoms with Crippen molar-refractivity contribution in [1.29, 1.82) is 0 Å². The quantitative estimate of drug-likeness (QED) is 0.621. The summed E-state index contributed by atoms with van der Waals surface area (Å²) in [4.78, 5) is 23.4. The number of alkyl halides is 3. The van der Waals surface area contributed by atoms with Gasteiger partial charge >= 0.3 is 12.1 Å². The van der Waals surface area contributed by atoms with Crippen LogP contribution in [0.5, 0.6) is 0 Å². The molecule has 1 amide bonds. The summed E-state index contributed by atoms with van der Waals surface area (Å²) >= 11 is 0. The predicted molar refractivity (Wildman–Crippen MR) is 93.7 cm³/mol. The van der Waals surface area contributed by atoms with Gasteiger partial charge in [0.25, 0.3) is 0 Å². The SMILES string of the molecule is CCOCCN1CC[C@H]2C[C@H](C(=O)NCC3CC3)O[C@H]2C1.O=C(O)C(F)(F)F.